The zero-order chi connectivity index (χ0) is 17.8. The molecule has 0 spiro atoms. The van der Waals surface area contributed by atoms with Gasteiger partial charge in [-0.1, -0.05) is 25.1 Å². The molecule has 4 nitrogen and oxygen atoms in total. The van der Waals surface area contributed by atoms with Crippen molar-refractivity contribution in [3.8, 4) is 11.1 Å². The van der Waals surface area contributed by atoms with Crippen LogP contribution in [0.15, 0.2) is 36.4 Å². The SMILES string of the molecule is CC1CC(=O)Nc2cccc(-c3ccc4c(c3)C(C3CC3)NN4C)c2C1. The normalized spacial score (nSPS) is 24.7. The molecule has 26 heavy (non-hydrogen) atoms. The van der Waals surface area contributed by atoms with Crippen molar-refractivity contribution in [3.63, 3.8) is 0 Å². The van der Waals surface area contributed by atoms with Gasteiger partial charge in [-0.3, -0.25) is 4.79 Å². The summed E-state index contributed by atoms with van der Waals surface area (Å²) in [4.78, 5) is 12.1. The first-order valence-corrected chi connectivity index (χ1v) is 9.66. The van der Waals surface area contributed by atoms with Crippen LogP contribution in [0.5, 0.6) is 0 Å². The van der Waals surface area contributed by atoms with Crippen LogP contribution in [0.3, 0.4) is 0 Å². The molecule has 1 aliphatic carbocycles. The molecule has 0 aromatic heterocycles. The number of carbonyl (C=O) groups is 1. The first kappa shape index (κ1) is 15.9. The van der Waals surface area contributed by atoms with Crippen LogP contribution in [0, 0.1) is 11.8 Å². The molecule has 1 amide bonds. The summed E-state index contributed by atoms with van der Waals surface area (Å²) in [5, 5.41) is 5.26. The van der Waals surface area contributed by atoms with Crippen molar-refractivity contribution >= 4 is 17.3 Å². The van der Waals surface area contributed by atoms with Crippen molar-refractivity contribution in [3.05, 3.63) is 47.5 Å². The van der Waals surface area contributed by atoms with Crippen molar-refractivity contribution in [1.29, 1.82) is 0 Å². The lowest BCUT2D eigenvalue weighted by atomic mass is 9.90. The van der Waals surface area contributed by atoms with Crippen molar-refractivity contribution in [1.82, 2.24) is 5.43 Å². The Labute approximate surface area is 154 Å². The second kappa shape index (κ2) is 5.85. The van der Waals surface area contributed by atoms with E-state index in [4.69, 9.17) is 0 Å². The predicted octanol–water partition coefficient (Wildman–Crippen LogP) is 4.28. The van der Waals surface area contributed by atoms with Crippen LogP contribution in [0.25, 0.3) is 11.1 Å². The van der Waals surface area contributed by atoms with E-state index in [0.29, 0.717) is 18.4 Å². The van der Waals surface area contributed by atoms with Gasteiger partial charge in [-0.15, -0.1) is 0 Å². The Balaban J connectivity index is 1.60. The summed E-state index contributed by atoms with van der Waals surface area (Å²) in [6.45, 7) is 2.16. The van der Waals surface area contributed by atoms with Crippen LogP contribution < -0.4 is 15.8 Å². The monoisotopic (exact) mass is 347 g/mol. The number of amides is 1. The summed E-state index contributed by atoms with van der Waals surface area (Å²) in [7, 11) is 2.10. The number of anilines is 2. The van der Waals surface area contributed by atoms with Gasteiger partial charge in [-0.05, 0) is 71.6 Å². The molecule has 0 radical (unpaired) electrons. The molecule has 134 valence electrons. The van der Waals surface area contributed by atoms with E-state index in [1.54, 1.807) is 0 Å². The third kappa shape index (κ3) is 2.60. The standard InChI is InChI=1S/C22H25N3O/c1-13-10-17-16(4-3-5-19(17)23-21(26)11-13)15-8-9-20-18(12-15)22(14-6-7-14)24-25(20)2/h3-5,8-9,12-14,22,24H,6-7,10-11H2,1-2H3,(H,23,26). The number of rotatable bonds is 2. The van der Waals surface area contributed by atoms with E-state index in [-0.39, 0.29) is 5.91 Å². The van der Waals surface area contributed by atoms with Crippen LogP contribution in [0.2, 0.25) is 0 Å². The number of hydrogen-bond acceptors (Lipinski definition) is 3. The number of nitrogens with zero attached hydrogens (tertiary/aromatic N) is 1. The molecule has 0 saturated heterocycles. The second-order valence-corrected chi connectivity index (χ2v) is 8.17. The highest BCUT2D eigenvalue weighted by molar-refractivity contribution is 5.94. The quantitative estimate of drug-likeness (QED) is 0.852. The van der Waals surface area contributed by atoms with Crippen LogP contribution in [0.1, 0.15) is 43.4 Å². The lowest BCUT2D eigenvalue weighted by Gasteiger charge is -2.16. The molecule has 2 aromatic carbocycles. The van der Waals surface area contributed by atoms with Crippen LogP contribution in [0.4, 0.5) is 11.4 Å². The fourth-order valence-corrected chi connectivity index (χ4v) is 4.55. The molecular weight excluding hydrogens is 322 g/mol. The predicted molar refractivity (Wildman–Crippen MR) is 105 cm³/mol. The van der Waals surface area contributed by atoms with Gasteiger partial charge in [0.15, 0.2) is 0 Å². The Morgan fingerprint density at radius 1 is 1.12 bits per heavy atom. The summed E-state index contributed by atoms with van der Waals surface area (Å²) in [5.41, 5.74) is 11.1. The van der Waals surface area contributed by atoms with Crippen LogP contribution in [-0.2, 0) is 11.2 Å². The Bertz CT molecular complexity index is 887. The lowest BCUT2D eigenvalue weighted by Crippen LogP contribution is -2.31. The van der Waals surface area contributed by atoms with Crippen molar-refractivity contribution in [2.45, 2.75) is 38.6 Å². The zero-order valence-corrected chi connectivity index (χ0v) is 15.4. The molecule has 5 rings (SSSR count). The highest BCUT2D eigenvalue weighted by Crippen LogP contribution is 2.48. The van der Waals surface area contributed by atoms with Crippen LogP contribution in [-0.4, -0.2) is 13.0 Å². The Morgan fingerprint density at radius 3 is 2.77 bits per heavy atom. The van der Waals surface area contributed by atoms with Crippen LogP contribution >= 0.6 is 0 Å². The minimum Gasteiger partial charge on any atom is -0.326 e. The second-order valence-electron chi connectivity index (χ2n) is 8.17. The van der Waals surface area contributed by atoms with E-state index in [2.05, 4.69) is 60.1 Å². The largest absolute Gasteiger partial charge is 0.326 e. The summed E-state index contributed by atoms with van der Waals surface area (Å²) in [6, 6.07) is 13.5. The zero-order valence-electron chi connectivity index (χ0n) is 15.4. The van der Waals surface area contributed by atoms with Gasteiger partial charge in [0.1, 0.15) is 0 Å². The van der Waals surface area contributed by atoms with E-state index >= 15 is 0 Å². The summed E-state index contributed by atoms with van der Waals surface area (Å²) < 4.78 is 0. The number of fused-ring (bicyclic) bond motifs is 2. The summed E-state index contributed by atoms with van der Waals surface area (Å²) in [6.07, 6.45) is 4.17. The Hall–Kier alpha value is -2.33. The van der Waals surface area contributed by atoms with Gasteiger partial charge in [0.25, 0.3) is 0 Å². The fraction of sp³-hybridized carbons (Fsp3) is 0.409. The van der Waals surface area contributed by atoms with Gasteiger partial charge in [0, 0.05) is 19.2 Å². The average molecular weight is 347 g/mol. The summed E-state index contributed by atoms with van der Waals surface area (Å²) >= 11 is 0. The number of nitrogens with one attached hydrogen (secondary N) is 2. The van der Waals surface area contributed by atoms with E-state index < -0.39 is 0 Å². The molecule has 2 atom stereocenters. The smallest absolute Gasteiger partial charge is 0.224 e. The van der Waals surface area contributed by atoms with Gasteiger partial charge in [-0.2, -0.15) is 0 Å². The molecule has 2 aromatic rings. The topological polar surface area (TPSA) is 44.4 Å². The molecule has 4 heteroatoms. The van der Waals surface area contributed by atoms with Gasteiger partial charge >= 0.3 is 0 Å². The minimum absolute atomic E-state index is 0.127. The van der Waals surface area contributed by atoms with E-state index in [0.717, 1.165) is 18.0 Å². The molecule has 2 N–H and O–H groups in total. The third-order valence-electron chi connectivity index (χ3n) is 6.00. The molecule has 2 heterocycles. The van der Waals surface area contributed by atoms with Gasteiger partial charge in [0.2, 0.25) is 5.91 Å². The third-order valence-corrected chi connectivity index (χ3v) is 6.00. The molecular formula is C22H25N3O. The van der Waals surface area contributed by atoms with Gasteiger partial charge in [0.05, 0.1) is 11.7 Å². The molecule has 3 aliphatic rings. The molecule has 2 aliphatic heterocycles. The molecule has 0 bridgehead atoms. The van der Waals surface area contributed by atoms with E-state index in [1.807, 2.05) is 6.07 Å². The Kier molecular flexibility index (Phi) is 3.57. The van der Waals surface area contributed by atoms with Crippen molar-refractivity contribution in [2.24, 2.45) is 11.8 Å². The lowest BCUT2D eigenvalue weighted by molar-refractivity contribution is -0.116. The Morgan fingerprint density at radius 2 is 1.96 bits per heavy atom. The number of carbonyl (C=O) groups excluding carboxylic acids is 1. The van der Waals surface area contributed by atoms with Gasteiger partial charge in [-0.25, -0.2) is 5.43 Å². The molecule has 2 unspecified atom stereocenters. The maximum Gasteiger partial charge on any atom is 0.224 e. The fourth-order valence-electron chi connectivity index (χ4n) is 4.55. The molecule has 1 fully saturated rings. The number of hydrazine groups is 1. The highest BCUT2D eigenvalue weighted by atomic mass is 16.1. The minimum atomic E-state index is 0.127. The maximum atomic E-state index is 12.1. The number of benzene rings is 2. The van der Waals surface area contributed by atoms with Crippen molar-refractivity contribution in [2.75, 3.05) is 17.4 Å². The summed E-state index contributed by atoms with van der Waals surface area (Å²) in [5.74, 6) is 1.25. The first-order chi connectivity index (χ1) is 12.6. The van der Waals surface area contributed by atoms with E-state index in [1.165, 1.54) is 40.8 Å². The van der Waals surface area contributed by atoms with E-state index in [9.17, 15) is 4.79 Å². The maximum absolute atomic E-state index is 12.1. The van der Waals surface area contributed by atoms with Crippen molar-refractivity contribution < 1.29 is 4.79 Å². The number of hydrogen-bond donors (Lipinski definition) is 2. The highest BCUT2D eigenvalue weighted by Gasteiger charge is 2.38. The molecule has 1 saturated carbocycles. The van der Waals surface area contributed by atoms with Gasteiger partial charge < -0.3 is 10.3 Å². The first-order valence-electron chi connectivity index (χ1n) is 9.66. The average Bonchev–Trinajstić information content (AvgIpc) is 3.41.